The van der Waals surface area contributed by atoms with Crippen molar-refractivity contribution in [2.45, 2.75) is 27.3 Å². The number of anilines is 1. The first-order chi connectivity index (χ1) is 12.0. The standard InChI is InChI=1S/C17H19FN6O/c1-11-8-12(2)24(21-11)16-5-4-14(9-19-16)17(25)20-15-10-23(7-6-18)22-13(15)3/h4-5,8-10H,6-7H2,1-3H3,(H,20,25). The van der Waals surface area contributed by atoms with E-state index in [1.54, 1.807) is 29.9 Å². The van der Waals surface area contributed by atoms with E-state index in [1.807, 2.05) is 19.9 Å². The first kappa shape index (κ1) is 16.8. The molecule has 0 aliphatic rings. The average Bonchev–Trinajstić information content (AvgIpc) is 3.09. The molecule has 0 saturated heterocycles. The minimum absolute atomic E-state index is 0.162. The van der Waals surface area contributed by atoms with Gasteiger partial charge >= 0.3 is 0 Å². The summed E-state index contributed by atoms with van der Waals surface area (Å²) >= 11 is 0. The van der Waals surface area contributed by atoms with E-state index in [0.717, 1.165) is 11.4 Å². The van der Waals surface area contributed by atoms with E-state index in [4.69, 9.17) is 0 Å². The second-order valence-electron chi connectivity index (χ2n) is 5.78. The zero-order valence-corrected chi connectivity index (χ0v) is 14.3. The van der Waals surface area contributed by atoms with Gasteiger partial charge < -0.3 is 5.32 Å². The summed E-state index contributed by atoms with van der Waals surface area (Å²) in [4.78, 5) is 16.7. The van der Waals surface area contributed by atoms with Gasteiger partial charge in [-0.3, -0.25) is 9.48 Å². The number of nitrogens with zero attached hydrogens (tertiary/aromatic N) is 5. The maximum atomic E-state index is 12.4. The van der Waals surface area contributed by atoms with E-state index in [2.05, 4.69) is 20.5 Å². The number of alkyl halides is 1. The Bertz CT molecular complexity index is 897. The predicted molar refractivity (Wildman–Crippen MR) is 91.7 cm³/mol. The summed E-state index contributed by atoms with van der Waals surface area (Å²) < 4.78 is 15.6. The highest BCUT2D eigenvalue weighted by molar-refractivity contribution is 6.04. The zero-order chi connectivity index (χ0) is 18.0. The number of pyridine rings is 1. The third-order valence-electron chi connectivity index (χ3n) is 3.74. The summed E-state index contributed by atoms with van der Waals surface area (Å²) in [6.45, 7) is 5.27. The zero-order valence-electron chi connectivity index (χ0n) is 14.3. The van der Waals surface area contributed by atoms with E-state index >= 15 is 0 Å². The van der Waals surface area contributed by atoms with E-state index < -0.39 is 6.67 Å². The van der Waals surface area contributed by atoms with Gasteiger partial charge in [0.05, 0.1) is 29.2 Å². The molecular formula is C17H19FN6O. The molecule has 0 bridgehead atoms. The Morgan fingerprint density at radius 3 is 2.64 bits per heavy atom. The maximum absolute atomic E-state index is 12.4. The molecule has 1 amide bonds. The van der Waals surface area contributed by atoms with Crippen molar-refractivity contribution < 1.29 is 9.18 Å². The van der Waals surface area contributed by atoms with Gasteiger partial charge in [-0.25, -0.2) is 14.1 Å². The van der Waals surface area contributed by atoms with Crippen LogP contribution in [0.15, 0.2) is 30.6 Å². The Labute approximate surface area is 144 Å². The quantitative estimate of drug-likeness (QED) is 0.773. The van der Waals surface area contributed by atoms with Crippen molar-refractivity contribution in [3.8, 4) is 5.82 Å². The van der Waals surface area contributed by atoms with Gasteiger partial charge in [0.15, 0.2) is 5.82 Å². The number of carbonyl (C=O) groups excluding carboxylic acids is 1. The number of aryl methyl sites for hydroxylation is 4. The summed E-state index contributed by atoms with van der Waals surface area (Å²) in [6, 6.07) is 5.39. The van der Waals surface area contributed by atoms with E-state index in [9.17, 15) is 9.18 Å². The van der Waals surface area contributed by atoms with Gasteiger partial charge in [0, 0.05) is 18.1 Å². The van der Waals surface area contributed by atoms with Crippen LogP contribution in [0.3, 0.4) is 0 Å². The molecular weight excluding hydrogens is 323 g/mol. The van der Waals surface area contributed by atoms with Crippen LogP contribution in [0, 0.1) is 20.8 Å². The van der Waals surface area contributed by atoms with Gasteiger partial charge in [-0.1, -0.05) is 0 Å². The highest BCUT2D eigenvalue weighted by Crippen LogP contribution is 2.15. The number of hydrogen-bond acceptors (Lipinski definition) is 4. The third-order valence-corrected chi connectivity index (χ3v) is 3.74. The van der Waals surface area contributed by atoms with Gasteiger partial charge in [0.1, 0.15) is 6.67 Å². The number of nitrogens with one attached hydrogen (secondary N) is 1. The molecule has 0 radical (unpaired) electrons. The lowest BCUT2D eigenvalue weighted by Crippen LogP contribution is -2.13. The summed E-state index contributed by atoms with van der Waals surface area (Å²) in [5, 5.41) is 11.3. The minimum Gasteiger partial charge on any atom is -0.319 e. The maximum Gasteiger partial charge on any atom is 0.257 e. The van der Waals surface area contributed by atoms with Crippen LogP contribution in [0.1, 0.15) is 27.4 Å². The van der Waals surface area contributed by atoms with Crippen LogP contribution in [-0.2, 0) is 6.54 Å². The van der Waals surface area contributed by atoms with Crippen molar-refractivity contribution in [1.82, 2.24) is 24.5 Å². The van der Waals surface area contributed by atoms with Gasteiger partial charge in [-0.15, -0.1) is 0 Å². The molecule has 0 atom stereocenters. The van der Waals surface area contributed by atoms with Crippen molar-refractivity contribution in [3.63, 3.8) is 0 Å². The molecule has 7 nitrogen and oxygen atoms in total. The largest absolute Gasteiger partial charge is 0.319 e. The Morgan fingerprint density at radius 2 is 2.04 bits per heavy atom. The topological polar surface area (TPSA) is 77.6 Å². The third kappa shape index (κ3) is 3.57. The number of carbonyl (C=O) groups is 1. The Hall–Kier alpha value is -3.03. The fourth-order valence-electron chi connectivity index (χ4n) is 2.54. The molecule has 0 fully saturated rings. The molecule has 3 aromatic rings. The number of rotatable bonds is 5. The van der Waals surface area contributed by atoms with Gasteiger partial charge in [-0.2, -0.15) is 10.2 Å². The molecule has 0 aromatic carbocycles. The second kappa shape index (κ2) is 6.84. The molecule has 0 aliphatic carbocycles. The molecule has 25 heavy (non-hydrogen) atoms. The van der Waals surface area contributed by atoms with Crippen LogP contribution < -0.4 is 5.32 Å². The van der Waals surface area contributed by atoms with Crippen LogP contribution in [0.4, 0.5) is 10.1 Å². The molecule has 3 rings (SSSR count). The van der Waals surface area contributed by atoms with Crippen molar-refractivity contribution in [2.75, 3.05) is 12.0 Å². The Balaban J connectivity index is 1.76. The van der Waals surface area contributed by atoms with Crippen LogP contribution in [-0.4, -0.2) is 37.1 Å². The minimum atomic E-state index is -0.508. The molecule has 0 aliphatic heterocycles. The van der Waals surface area contributed by atoms with Crippen molar-refractivity contribution in [1.29, 1.82) is 0 Å². The highest BCUT2D eigenvalue weighted by Gasteiger charge is 2.12. The summed E-state index contributed by atoms with van der Waals surface area (Å²) in [6.07, 6.45) is 3.12. The highest BCUT2D eigenvalue weighted by atomic mass is 19.1. The van der Waals surface area contributed by atoms with Crippen LogP contribution >= 0.6 is 0 Å². The normalized spacial score (nSPS) is 10.9. The van der Waals surface area contributed by atoms with Crippen LogP contribution in [0.5, 0.6) is 0 Å². The first-order valence-electron chi connectivity index (χ1n) is 7.89. The second-order valence-corrected chi connectivity index (χ2v) is 5.78. The molecule has 0 spiro atoms. The fraction of sp³-hybridized carbons (Fsp3) is 0.294. The average molecular weight is 342 g/mol. The lowest BCUT2D eigenvalue weighted by Gasteiger charge is -2.06. The number of halogens is 1. The summed E-state index contributed by atoms with van der Waals surface area (Å²) in [7, 11) is 0. The van der Waals surface area contributed by atoms with Crippen molar-refractivity contribution in [2.24, 2.45) is 0 Å². The summed E-state index contributed by atoms with van der Waals surface area (Å²) in [5.74, 6) is 0.351. The molecule has 0 unspecified atom stereocenters. The van der Waals surface area contributed by atoms with Crippen molar-refractivity contribution >= 4 is 11.6 Å². The fourth-order valence-corrected chi connectivity index (χ4v) is 2.54. The molecule has 1 N–H and O–H groups in total. The lowest BCUT2D eigenvalue weighted by atomic mass is 10.2. The molecule has 130 valence electrons. The number of hydrogen-bond donors (Lipinski definition) is 1. The number of amides is 1. The molecule has 3 aromatic heterocycles. The lowest BCUT2D eigenvalue weighted by molar-refractivity contribution is 0.102. The summed E-state index contributed by atoms with van der Waals surface area (Å²) in [5.41, 5.74) is 3.48. The monoisotopic (exact) mass is 342 g/mol. The van der Waals surface area contributed by atoms with E-state index in [-0.39, 0.29) is 12.5 Å². The smallest absolute Gasteiger partial charge is 0.257 e. The van der Waals surface area contributed by atoms with Crippen LogP contribution in [0.2, 0.25) is 0 Å². The molecule has 0 saturated carbocycles. The predicted octanol–water partition coefficient (Wildman–Crippen LogP) is 2.61. The molecule has 3 heterocycles. The van der Waals surface area contributed by atoms with Crippen LogP contribution in [0.25, 0.3) is 5.82 Å². The molecule has 8 heteroatoms. The van der Waals surface area contributed by atoms with Gasteiger partial charge in [-0.05, 0) is 39.0 Å². The van der Waals surface area contributed by atoms with Gasteiger partial charge in [0.25, 0.3) is 5.91 Å². The first-order valence-corrected chi connectivity index (χ1v) is 7.89. The Morgan fingerprint density at radius 1 is 1.24 bits per heavy atom. The van der Waals surface area contributed by atoms with E-state index in [0.29, 0.717) is 22.8 Å². The number of aromatic nitrogens is 5. The van der Waals surface area contributed by atoms with E-state index in [1.165, 1.54) is 10.9 Å². The van der Waals surface area contributed by atoms with Gasteiger partial charge in [0.2, 0.25) is 0 Å². The Kier molecular flexibility index (Phi) is 4.60. The SMILES string of the molecule is Cc1cc(C)n(-c2ccc(C(=O)Nc3cn(CCF)nc3C)cn2)n1. The van der Waals surface area contributed by atoms with Crippen molar-refractivity contribution in [3.05, 3.63) is 53.2 Å².